The zero-order valence-electron chi connectivity index (χ0n) is 11.1. The summed E-state index contributed by atoms with van der Waals surface area (Å²) in [6, 6.07) is 0. The fourth-order valence-electron chi connectivity index (χ4n) is 1.14. The molecule has 0 unspecified atom stereocenters. The van der Waals surface area contributed by atoms with Crippen LogP contribution in [0.5, 0.6) is 0 Å². The van der Waals surface area contributed by atoms with E-state index in [-0.39, 0.29) is 22.4 Å². The van der Waals surface area contributed by atoms with Crippen molar-refractivity contribution in [2.75, 3.05) is 0 Å². The van der Waals surface area contributed by atoms with E-state index in [0.717, 1.165) is 0 Å². The molecule has 0 spiro atoms. The molecule has 131 valence electrons. The number of rotatable bonds is 1. The van der Waals surface area contributed by atoms with E-state index in [1.165, 1.54) is 25.7 Å². The predicted octanol–water partition coefficient (Wildman–Crippen LogP) is 4.79. The molecule has 1 aliphatic rings. The molecular weight excluding hydrogens is 410 g/mol. The van der Waals surface area contributed by atoms with Crippen molar-refractivity contribution in [1.29, 1.82) is 0 Å². The first-order valence-electron chi connectivity index (χ1n) is 5.94. The summed E-state index contributed by atoms with van der Waals surface area (Å²) in [6.07, 6.45) is 2.32. The molecule has 0 aromatic heterocycles. The fourth-order valence-corrected chi connectivity index (χ4v) is 1.14. The predicted molar refractivity (Wildman–Crippen MR) is 64.6 cm³/mol. The number of aliphatic hydroxyl groups is 1. The number of hydrogen-bond acceptors (Lipinski definition) is 2. The number of carbonyl (C=O) groups is 1. The van der Waals surface area contributed by atoms with Crippen molar-refractivity contribution in [1.82, 2.24) is 0 Å². The van der Waals surface area contributed by atoms with Gasteiger partial charge in [-0.15, -0.1) is 0 Å². The average molecular weight is 424 g/mol. The number of allylic oxidation sites excluding steroid dienone is 6. The molecule has 0 amide bonds. The van der Waals surface area contributed by atoms with Crippen LogP contribution in [-0.2, 0) is 27.2 Å². The normalized spacial score (nSPS) is 15.8. The molecular formula is C13H14AgF6O2. The molecule has 0 heterocycles. The summed E-state index contributed by atoms with van der Waals surface area (Å²) in [6.45, 7) is 0. The van der Waals surface area contributed by atoms with Crippen LogP contribution in [0.4, 0.5) is 26.3 Å². The third kappa shape index (κ3) is 11.6. The number of carbonyl (C=O) groups excluding carboxylic acids is 1. The minimum atomic E-state index is -5.42. The summed E-state index contributed by atoms with van der Waals surface area (Å²) in [4.78, 5) is 9.86. The van der Waals surface area contributed by atoms with E-state index < -0.39 is 30.0 Å². The molecule has 1 radical (unpaired) electrons. The van der Waals surface area contributed by atoms with Gasteiger partial charge < -0.3 is 5.11 Å². The Bertz CT molecular complexity index is 395. The Morgan fingerprint density at radius 2 is 1.14 bits per heavy atom. The number of halogens is 6. The maximum absolute atomic E-state index is 11.4. The van der Waals surface area contributed by atoms with Gasteiger partial charge in [-0.2, -0.15) is 26.3 Å². The van der Waals surface area contributed by atoms with E-state index in [9.17, 15) is 31.1 Å². The average Bonchev–Trinajstić information content (AvgIpc) is 2.25. The second kappa shape index (κ2) is 10.7. The summed E-state index contributed by atoms with van der Waals surface area (Å²) in [5.41, 5.74) is 0. The first kappa shape index (κ1) is 23.3. The maximum atomic E-state index is 11.4. The van der Waals surface area contributed by atoms with E-state index >= 15 is 0 Å². The Morgan fingerprint density at radius 3 is 1.36 bits per heavy atom. The summed E-state index contributed by atoms with van der Waals surface area (Å²) in [5.74, 6) is -5.34. The monoisotopic (exact) mass is 423 g/mol. The Labute approximate surface area is 139 Å². The third-order valence-electron chi connectivity index (χ3n) is 2.17. The van der Waals surface area contributed by atoms with Gasteiger partial charge in [-0.1, -0.05) is 24.3 Å². The second-order valence-corrected chi connectivity index (χ2v) is 3.99. The molecule has 0 bridgehead atoms. The number of ketones is 1. The van der Waals surface area contributed by atoms with Crippen molar-refractivity contribution in [2.24, 2.45) is 0 Å². The maximum Gasteiger partial charge on any atom is 0.454 e. The van der Waals surface area contributed by atoms with Crippen molar-refractivity contribution in [3.05, 3.63) is 36.1 Å². The molecule has 0 aromatic carbocycles. The Kier molecular flexibility index (Phi) is 11.3. The zero-order valence-corrected chi connectivity index (χ0v) is 12.6. The van der Waals surface area contributed by atoms with Gasteiger partial charge in [-0.05, 0) is 25.7 Å². The van der Waals surface area contributed by atoms with Gasteiger partial charge in [-0.25, -0.2) is 0 Å². The molecule has 0 saturated carbocycles. The van der Waals surface area contributed by atoms with Crippen LogP contribution in [0.1, 0.15) is 25.7 Å². The van der Waals surface area contributed by atoms with E-state index in [2.05, 4.69) is 24.3 Å². The summed E-state index contributed by atoms with van der Waals surface area (Å²) in [5, 5.41) is 7.93. The van der Waals surface area contributed by atoms with E-state index in [4.69, 9.17) is 5.11 Å². The van der Waals surface area contributed by atoms with Gasteiger partial charge in [0.15, 0.2) is 0 Å². The number of aliphatic hydroxyl groups excluding tert-OH is 1. The van der Waals surface area contributed by atoms with Crippen molar-refractivity contribution in [3.8, 4) is 0 Å². The number of alkyl halides is 6. The Balaban J connectivity index is 0. The number of hydrogen-bond donors (Lipinski definition) is 1. The molecule has 9 heteroatoms. The first-order valence-corrected chi connectivity index (χ1v) is 5.94. The molecule has 1 rings (SSSR count). The van der Waals surface area contributed by atoms with E-state index in [1.807, 2.05) is 0 Å². The van der Waals surface area contributed by atoms with Crippen LogP contribution in [0.15, 0.2) is 36.1 Å². The van der Waals surface area contributed by atoms with Crippen LogP contribution < -0.4 is 0 Å². The summed E-state index contributed by atoms with van der Waals surface area (Å²) in [7, 11) is 0. The van der Waals surface area contributed by atoms with Gasteiger partial charge in [-0.3, -0.25) is 4.79 Å². The molecule has 0 aliphatic heterocycles. The van der Waals surface area contributed by atoms with E-state index in [1.54, 1.807) is 0 Å². The van der Waals surface area contributed by atoms with Gasteiger partial charge in [0.25, 0.3) is 5.78 Å². The van der Waals surface area contributed by atoms with Crippen LogP contribution in [0.25, 0.3) is 0 Å². The van der Waals surface area contributed by atoms with Gasteiger partial charge >= 0.3 is 12.4 Å². The minimum Gasteiger partial charge on any atom is -0.504 e. The van der Waals surface area contributed by atoms with E-state index in [0.29, 0.717) is 0 Å². The van der Waals surface area contributed by atoms with Crippen LogP contribution in [0.3, 0.4) is 0 Å². The van der Waals surface area contributed by atoms with Gasteiger partial charge in [0.05, 0.1) is 0 Å². The van der Waals surface area contributed by atoms with Gasteiger partial charge in [0, 0.05) is 28.5 Å². The second-order valence-electron chi connectivity index (χ2n) is 3.99. The van der Waals surface area contributed by atoms with Crippen LogP contribution in [0, 0.1) is 0 Å². The molecule has 0 aromatic rings. The molecule has 2 nitrogen and oxygen atoms in total. The smallest absolute Gasteiger partial charge is 0.454 e. The Hall–Kier alpha value is -0.990. The molecule has 1 N–H and O–H groups in total. The molecule has 0 atom stereocenters. The van der Waals surface area contributed by atoms with Crippen LogP contribution >= 0.6 is 0 Å². The van der Waals surface area contributed by atoms with Crippen LogP contribution in [0.2, 0.25) is 0 Å². The SMILES string of the molecule is C1=CCCC=CCC1.O=C(C=C(O)C(F)(F)F)C(F)(F)F.[Ag]. The fraction of sp³-hybridized carbons (Fsp3) is 0.462. The van der Waals surface area contributed by atoms with Gasteiger partial charge in [0.1, 0.15) is 0 Å². The first-order chi connectivity index (χ1) is 9.55. The van der Waals surface area contributed by atoms with Crippen molar-refractivity contribution in [2.45, 2.75) is 38.0 Å². The molecule has 0 saturated heterocycles. The standard InChI is InChI=1S/C8H12.C5H2F6O2.Ag/c1-2-4-6-8-7-5-3-1;6-4(7,8)2(12)1-3(13)5(9,10)11;/h1-2,7-8H,3-6H2;1,12H;. The zero-order chi connectivity index (χ0) is 16.5. The molecule has 1 aliphatic carbocycles. The molecule has 0 fully saturated rings. The van der Waals surface area contributed by atoms with Crippen molar-refractivity contribution < 1.29 is 58.6 Å². The van der Waals surface area contributed by atoms with Gasteiger partial charge in [0.2, 0.25) is 5.76 Å². The molecule has 22 heavy (non-hydrogen) atoms. The van der Waals surface area contributed by atoms with Crippen LogP contribution in [-0.4, -0.2) is 23.2 Å². The van der Waals surface area contributed by atoms with Crippen molar-refractivity contribution >= 4 is 5.78 Å². The topological polar surface area (TPSA) is 37.3 Å². The Morgan fingerprint density at radius 1 is 0.818 bits per heavy atom. The summed E-state index contributed by atoms with van der Waals surface area (Å²) >= 11 is 0. The van der Waals surface area contributed by atoms with Crippen molar-refractivity contribution in [3.63, 3.8) is 0 Å². The third-order valence-corrected chi connectivity index (χ3v) is 2.17. The largest absolute Gasteiger partial charge is 0.504 e. The quantitative estimate of drug-likeness (QED) is 0.216. The summed E-state index contributed by atoms with van der Waals surface area (Å²) < 4.78 is 68.1. The minimum absolute atomic E-state index is 0.